The third kappa shape index (κ3) is 3.05. The number of hydrogen-bond acceptors (Lipinski definition) is 2. The lowest BCUT2D eigenvalue weighted by Gasteiger charge is -2.49. The van der Waals surface area contributed by atoms with E-state index in [-0.39, 0.29) is 11.0 Å². The number of carbonyl (C=O) groups is 1. The van der Waals surface area contributed by atoms with E-state index in [9.17, 15) is 4.79 Å². The fourth-order valence-corrected chi connectivity index (χ4v) is 9.49. The third-order valence-electron chi connectivity index (χ3n) is 4.58. The van der Waals surface area contributed by atoms with Crippen LogP contribution in [0.1, 0.15) is 61.3 Å². The first kappa shape index (κ1) is 17.4. The summed E-state index contributed by atoms with van der Waals surface area (Å²) in [7, 11) is -2.21. The summed E-state index contributed by atoms with van der Waals surface area (Å²) in [5, 5.41) is 0.0786. The summed E-state index contributed by atoms with van der Waals surface area (Å²) in [5.41, 5.74) is 0.864. The van der Waals surface area contributed by atoms with Crippen LogP contribution < -0.4 is 0 Å². The summed E-state index contributed by atoms with van der Waals surface area (Å²) < 4.78 is 6.04. The molecule has 0 aromatic carbocycles. The van der Waals surface area contributed by atoms with Crippen molar-refractivity contribution in [1.29, 1.82) is 0 Å². The van der Waals surface area contributed by atoms with E-state index in [2.05, 4.69) is 55.0 Å². The van der Waals surface area contributed by atoms with Gasteiger partial charge in [0.05, 0.1) is 0 Å². The van der Waals surface area contributed by atoms with Gasteiger partial charge in [-0.3, -0.25) is 0 Å². The van der Waals surface area contributed by atoms with E-state index in [1.165, 1.54) is 6.08 Å². The molecule has 0 aromatic heterocycles. The van der Waals surface area contributed by atoms with Crippen LogP contribution in [-0.4, -0.2) is 14.3 Å². The summed E-state index contributed by atoms with van der Waals surface area (Å²) in [6, 6.07) is 0. The molecule has 2 atom stereocenters. The van der Waals surface area contributed by atoms with Gasteiger partial charge in [-0.15, -0.1) is 0 Å². The Kier molecular flexibility index (Phi) is 6.34. The Bertz CT molecular complexity index is 297. The molecular formula is C15H30O2Si. The standard InChI is InChI=1S/C15H30O2Si/c1-9-13(6)18(12(4)5,15(7,8)11-3)17-14(16)10-2/h10,12-13H,2,9,11H2,1,3-8H3. The van der Waals surface area contributed by atoms with E-state index in [1.54, 1.807) is 0 Å². The van der Waals surface area contributed by atoms with Gasteiger partial charge < -0.3 is 4.43 Å². The van der Waals surface area contributed by atoms with Gasteiger partial charge >= 0.3 is 5.97 Å². The summed E-state index contributed by atoms with van der Waals surface area (Å²) in [4.78, 5) is 11.8. The van der Waals surface area contributed by atoms with Crippen molar-refractivity contribution in [1.82, 2.24) is 0 Å². The largest absolute Gasteiger partial charge is 0.515 e. The average Bonchev–Trinajstić information content (AvgIpc) is 2.33. The van der Waals surface area contributed by atoms with Crippen molar-refractivity contribution in [3.63, 3.8) is 0 Å². The van der Waals surface area contributed by atoms with Crippen molar-refractivity contribution in [3.05, 3.63) is 12.7 Å². The maximum absolute atomic E-state index is 11.8. The van der Waals surface area contributed by atoms with Crippen LogP contribution in [-0.2, 0) is 9.22 Å². The van der Waals surface area contributed by atoms with Gasteiger partial charge in [0.1, 0.15) is 0 Å². The van der Waals surface area contributed by atoms with Crippen LogP contribution in [0.15, 0.2) is 12.7 Å². The Labute approximate surface area is 114 Å². The molecule has 0 aliphatic rings. The molecule has 0 aliphatic carbocycles. The van der Waals surface area contributed by atoms with Crippen LogP contribution >= 0.6 is 0 Å². The van der Waals surface area contributed by atoms with Crippen molar-refractivity contribution in [2.24, 2.45) is 0 Å². The number of rotatable bonds is 7. The topological polar surface area (TPSA) is 26.3 Å². The molecule has 0 radical (unpaired) electrons. The Hall–Kier alpha value is -0.573. The quantitative estimate of drug-likeness (QED) is 0.477. The Balaban J connectivity index is 5.72. The van der Waals surface area contributed by atoms with Crippen molar-refractivity contribution < 1.29 is 9.22 Å². The third-order valence-corrected chi connectivity index (χ3v) is 11.2. The van der Waals surface area contributed by atoms with Gasteiger partial charge in [-0.2, -0.15) is 0 Å². The second-order valence-corrected chi connectivity index (χ2v) is 11.4. The molecule has 2 nitrogen and oxygen atoms in total. The molecule has 3 heteroatoms. The lowest BCUT2D eigenvalue weighted by molar-refractivity contribution is -0.130. The van der Waals surface area contributed by atoms with Gasteiger partial charge in [0.15, 0.2) is 0 Å². The van der Waals surface area contributed by atoms with E-state index >= 15 is 0 Å². The molecule has 0 fully saturated rings. The molecule has 0 rings (SSSR count). The maximum atomic E-state index is 11.8. The molecule has 0 spiro atoms. The number of hydrogen-bond donors (Lipinski definition) is 0. The molecule has 0 N–H and O–H groups in total. The van der Waals surface area contributed by atoms with Crippen molar-refractivity contribution in [3.8, 4) is 0 Å². The van der Waals surface area contributed by atoms with E-state index < -0.39 is 8.32 Å². The second-order valence-electron chi connectivity index (χ2n) is 6.12. The fourth-order valence-electron chi connectivity index (χ4n) is 3.16. The van der Waals surface area contributed by atoms with Crippen molar-refractivity contribution >= 4 is 14.3 Å². The van der Waals surface area contributed by atoms with Crippen LogP contribution in [0.5, 0.6) is 0 Å². The highest BCUT2D eigenvalue weighted by atomic mass is 28.4. The van der Waals surface area contributed by atoms with Gasteiger partial charge in [0, 0.05) is 6.08 Å². The average molecular weight is 270 g/mol. The summed E-state index contributed by atoms with van der Waals surface area (Å²) in [6.45, 7) is 19.1. The monoisotopic (exact) mass is 270 g/mol. The second kappa shape index (κ2) is 6.55. The van der Waals surface area contributed by atoms with Crippen LogP contribution in [0.25, 0.3) is 0 Å². The highest BCUT2D eigenvalue weighted by molar-refractivity contribution is 6.80. The molecule has 0 amide bonds. The summed E-state index contributed by atoms with van der Waals surface area (Å²) >= 11 is 0. The first-order valence-electron chi connectivity index (χ1n) is 7.04. The zero-order chi connectivity index (χ0) is 14.6. The Morgan fingerprint density at radius 3 is 2.11 bits per heavy atom. The molecule has 2 unspecified atom stereocenters. The summed E-state index contributed by atoms with van der Waals surface area (Å²) in [5.74, 6) is -0.253. The lowest BCUT2D eigenvalue weighted by atomic mass is 10.1. The van der Waals surface area contributed by atoms with Gasteiger partial charge in [0.2, 0.25) is 0 Å². The minimum absolute atomic E-state index is 0.0786. The SMILES string of the molecule is C=CC(=O)O[Si](C(C)C)(C(C)CC)C(C)(C)CC. The Morgan fingerprint density at radius 2 is 1.83 bits per heavy atom. The van der Waals surface area contributed by atoms with Gasteiger partial charge in [-0.05, 0) is 16.1 Å². The van der Waals surface area contributed by atoms with Crippen LogP contribution in [0, 0.1) is 0 Å². The van der Waals surface area contributed by atoms with Crippen LogP contribution in [0.4, 0.5) is 0 Å². The van der Waals surface area contributed by atoms with E-state index in [4.69, 9.17) is 4.43 Å². The molecule has 0 bridgehead atoms. The molecule has 0 aliphatic heterocycles. The van der Waals surface area contributed by atoms with E-state index in [0.717, 1.165) is 12.8 Å². The molecule has 0 saturated heterocycles. The smallest absolute Gasteiger partial charge is 0.316 e. The fraction of sp³-hybridized carbons (Fsp3) is 0.800. The van der Waals surface area contributed by atoms with Gasteiger partial charge in [0.25, 0.3) is 8.32 Å². The molecule has 0 heterocycles. The minimum atomic E-state index is -2.21. The zero-order valence-corrected chi connectivity index (χ0v) is 14.2. The zero-order valence-electron chi connectivity index (χ0n) is 13.2. The highest BCUT2D eigenvalue weighted by Crippen LogP contribution is 2.54. The molecule has 18 heavy (non-hydrogen) atoms. The first-order chi connectivity index (χ1) is 8.19. The predicted molar refractivity (Wildman–Crippen MR) is 81.2 cm³/mol. The van der Waals surface area contributed by atoms with Gasteiger partial charge in [-0.25, -0.2) is 4.79 Å². The lowest BCUT2D eigenvalue weighted by Crippen LogP contribution is -2.55. The highest BCUT2D eigenvalue weighted by Gasteiger charge is 2.56. The van der Waals surface area contributed by atoms with Crippen molar-refractivity contribution in [2.75, 3.05) is 0 Å². The van der Waals surface area contributed by atoms with E-state index in [0.29, 0.717) is 11.1 Å². The molecule has 106 valence electrons. The first-order valence-corrected chi connectivity index (χ1v) is 9.11. The maximum Gasteiger partial charge on any atom is 0.316 e. The molecule has 0 aromatic rings. The number of carbonyl (C=O) groups excluding carboxylic acids is 1. The van der Waals surface area contributed by atoms with E-state index in [1.807, 2.05) is 0 Å². The molecule has 0 saturated carbocycles. The van der Waals surface area contributed by atoms with Crippen molar-refractivity contribution in [2.45, 2.75) is 77.4 Å². The normalized spacial score (nSPS) is 17.1. The Morgan fingerprint density at radius 1 is 1.33 bits per heavy atom. The van der Waals surface area contributed by atoms with Crippen LogP contribution in [0.3, 0.4) is 0 Å². The summed E-state index contributed by atoms with van der Waals surface area (Å²) in [6.07, 6.45) is 3.39. The minimum Gasteiger partial charge on any atom is -0.515 e. The predicted octanol–water partition coefficient (Wildman–Crippen LogP) is 5.06. The van der Waals surface area contributed by atoms with Crippen LogP contribution in [0.2, 0.25) is 16.1 Å². The molecular weight excluding hydrogens is 240 g/mol. The van der Waals surface area contributed by atoms with Gasteiger partial charge in [-0.1, -0.05) is 67.9 Å².